The van der Waals surface area contributed by atoms with E-state index in [0.717, 1.165) is 0 Å². The van der Waals surface area contributed by atoms with Crippen LogP contribution in [0.1, 0.15) is 24.8 Å². The van der Waals surface area contributed by atoms with Crippen LogP contribution >= 0.6 is 0 Å². The van der Waals surface area contributed by atoms with Gasteiger partial charge in [-0.25, -0.2) is 4.39 Å². The second-order valence-electron chi connectivity index (χ2n) is 6.92. The third-order valence-electron chi connectivity index (χ3n) is 4.97. The summed E-state index contributed by atoms with van der Waals surface area (Å²) in [6.45, 7) is 0.562. The summed E-state index contributed by atoms with van der Waals surface area (Å²) in [4.78, 5) is 26.3. The lowest BCUT2D eigenvalue weighted by atomic mass is 9.92. The van der Waals surface area contributed by atoms with Crippen LogP contribution in [0.5, 0.6) is 0 Å². The van der Waals surface area contributed by atoms with Gasteiger partial charge < -0.3 is 20.1 Å². The predicted octanol–water partition coefficient (Wildman–Crippen LogP) is 0.583. The zero-order valence-electron chi connectivity index (χ0n) is 14.3. The highest BCUT2D eigenvalue weighted by molar-refractivity contribution is 5.91. The fourth-order valence-electron chi connectivity index (χ4n) is 3.46. The molecule has 1 atom stereocenters. The van der Waals surface area contributed by atoms with Crippen molar-refractivity contribution in [3.8, 4) is 0 Å². The number of benzene rings is 1. The maximum absolute atomic E-state index is 14.2. The van der Waals surface area contributed by atoms with Gasteiger partial charge >= 0.3 is 0 Å². The molecule has 1 aromatic rings. The van der Waals surface area contributed by atoms with Gasteiger partial charge in [-0.1, -0.05) is 18.2 Å². The minimum absolute atomic E-state index is 0.00451. The Morgan fingerprint density at radius 1 is 1.36 bits per heavy atom. The molecule has 0 spiro atoms. The normalized spacial score (nSPS) is 25.2. The quantitative estimate of drug-likeness (QED) is 0.833. The number of carbonyl (C=O) groups excluding carboxylic acids is 2. The summed E-state index contributed by atoms with van der Waals surface area (Å²) in [5, 5.41) is 13.2. The molecule has 7 heteroatoms. The number of carbonyl (C=O) groups is 2. The average Bonchev–Trinajstić information content (AvgIpc) is 3.40. The molecular formula is C18H23FN2O4. The Balaban J connectivity index is 1.81. The Hall–Kier alpha value is -1.99. The van der Waals surface area contributed by atoms with Crippen molar-refractivity contribution < 1.29 is 23.8 Å². The lowest BCUT2D eigenvalue weighted by Crippen LogP contribution is -2.51. The van der Waals surface area contributed by atoms with Crippen LogP contribution in [0.2, 0.25) is 0 Å². The molecule has 1 saturated heterocycles. The number of rotatable bonds is 4. The van der Waals surface area contributed by atoms with E-state index in [9.17, 15) is 19.1 Å². The molecule has 136 valence electrons. The highest BCUT2D eigenvalue weighted by Crippen LogP contribution is 2.50. The minimum Gasteiger partial charge on any atom is -0.385 e. The Bertz CT molecular complexity index is 677. The van der Waals surface area contributed by atoms with Gasteiger partial charge in [0.1, 0.15) is 11.4 Å². The summed E-state index contributed by atoms with van der Waals surface area (Å²) in [5.74, 6) is -0.922. The van der Waals surface area contributed by atoms with Crippen LogP contribution < -0.4 is 5.32 Å². The van der Waals surface area contributed by atoms with Crippen LogP contribution in [0.25, 0.3) is 0 Å². The van der Waals surface area contributed by atoms with Crippen molar-refractivity contribution in [2.24, 2.45) is 0 Å². The van der Waals surface area contributed by atoms with Crippen molar-refractivity contribution in [2.75, 3.05) is 33.4 Å². The molecule has 1 aromatic carbocycles. The summed E-state index contributed by atoms with van der Waals surface area (Å²) < 4.78 is 19.6. The minimum atomic E-state index is -1.45. The molecule has 2 amide bonds. The summed E-state index contributed by atoms with van der Waals surface area (Å²) >= 11 is 0. The van der Waals surface area contributed by atoms with E-state index in [1.54, 1.807) is 18.2 Å². The summed E-state index contributed by atoms with van der Waals surface area (Å²) in [6.07, 6.45) is 1.01. The molecule has 0 aromatic heterocycles. The summed E-state index contributed by atoms with van der Waals surface area (Å²) in [7, 11) is 1.49. The molecule has 25 heavy (non-hydrogen) atoms. The molecule has 0 unspecified atom stereocenters. The van der Waals surface area contributed by atoms with E-state index in [-0.39, 0.29) is 43.8 Å². The highest BCUT2D eigenvalue weighted by atomic mass is 19.1. The fraction of sp³-hybridized carbons (Fsp3) is 0.556. The number of hydrogen-bond acceptors (Lipinski definition) is 4. The summed E-state index contributed by atoms with van der Waals surface area (Å²) in [6, 6.07) is 6.32. The van der Waals surface area contributed by atoms with E-state index in [2.05, 4.69) is 5.32 Å². The van der Waals surface area contributed by atoms with Crippen molar-refractivity contribution in [3.05, 3.63) is 35.6 Å². The molecule has 2 aliphatic rings. The molecule has 1 aliphatic carbocycles. The van der Waals surface area contributed by atoms with Crippen molar-refractivity contribution in [1.82, 2.24) is 10.2 Å². The number of hydrogen-bond donors (Lipinski definition) is 2. The topological polar surface area (TPSA) is 78.9 Å². The van der Waals surface area contributed by atoms with Gasteiger partial charge in [0.25, 0.3) is 0 Å². The monoisotopic (exact) mass is 350 g/mol. The molecule has 3 rings (SSSR count). The number of ether oxygens (including phenoxy) is 1. The van der Waals surface area contributed by atoms with E-state index < -0.39 is 11.0 Å². The van der Waals surface area contributed by atoms with Crippen LogP contribution in [0.3, 0.4) is 0 Å². The van der Waals surface area contributed by atoms with Gasteiger partial charge in [-0.05, 0) is 18.9 Å². The molecule has 0 radical (unpaired) electrons. The first kappa shape index (κ1) is 17.8. The third-order valence-corrected chi connectivity index (χ3v) is 4.97. The van der Waals surface area contributed by atoms with Crippen LogP contribution in [-0.2, 0) is 19.7 Å². The first-order chi connectivity index (χ1) is 11.9. The second-order valence-corrected chi connectivity index (χ2v) is 6.92. The number of β-amino-alcohol motifs (C(OH)–C–C–N with tert-alkyl or cyclic N) is 1. The fourth-order valence-corrected chi connectivity index (χ4v) is 3.46. The maximum atomic E-state index is 14.2. The molecule has 2 N–H and O–H groups in total. The smallest absolute Gasteiger partial charge is 0.233 e. The lowest BCUT2D eigenvalue weighted by molar-refractivity contribution is -0.139. The van der Waals surface area contributed by atoms with E-state index in [1.807, 2.05) is 0 Å². The number of aliphatic hydroxyl groups is 1. The van der Waals surface area contributed by atoms with Crippen LogP contribution in [0, 0.1) is 5.82 Å². The molecule has 1 aliphatic heterocycles. The zero-order valence-corrected chi connectivity index (χ0v) is 14.3. The predicted molar refractivity (Wildman–Crippen MR) is 88.3 cm³/mol. The van der Waals surface area contributed by atoms with Crippen molar-refractivity contribution in [1.29, 1.82) is 0 Å². The Labute approximate surface area is 146 Å². The van der Waals surface area contributed by atoms with Crippen LogP contribution in [0.15, 0.2) is 24.3 Å². The molecule has 1 saturated carbocycles. The number of halogens is 1. The lowest BCUT2D eigenvalue weighted by Gasteiger charge is -2.32. The molecule has 0 bridgehead atoms. The van der Waals surface area contributed by atoms with E-state index in [0.29, 0.717) is 24.9 Å². The Kier molecular flexibility index (Phi) is 4.79. The van der Waals surface area contributed by atoms with E-state index in [1.165, 1.54) is 18.0 Å². The van der Waals surface area contributed by atoms with Gasteiger partial charge in [0.2, 0.25) is 11.8 Å². The van der Waals surface area contributed by atoms with Gasteiger partial charge in [0.05, 0.1) is 31.6 Å². The SMILES string of the molecule is CNC(=O)C[C@@]1(O)COCCN(C(=O)C2(c3ccccc3F)CC2)C1. The Morgan fingerprint density at radius 3 is 2.72 bits per heavy atom. The first-order valence-corrected chi connectivity index (χ1v) is 8.45. The van der Waals surface area contributed by atoms with Gasteiger partial charge in [-0.3, -0.25) is 9.59 Å². The van der Waals surface area contributed by atoms with Crippen LogP contribution in [-0.4, -0.2) is 60.8 Å². The second kappa shape index (κ2) is 6.72. The van der Waals surface area contributed by atoms with Gasteiger partial charge in [-0.15, -0.1) is 0 Å². The summed E-state index contributed by atoms with van der Waals surface area (Å²) in [5.41, 5.74) is -1.90. The van der Waals surface area contributed by atoms with E-state index >= 15 is 0 Å². The largest absolute Gasteiger partial charge is 0.385 e. The molecule has 1 heterocycles. The van der Waals surface area contributed by atoms with Crippen molar-refractivity contribution >= 4 is 11.8 Å². The highest BCUT2D eigenvalue weighted by Gasteiger charge is 2.55. The van der Waals surface area contributed by atoms with Gasteiger partial charge in [0, 0.05) is 19.2 Å². The van der Waals surface area contributed by atoms with Crippen LogP contribution in [0.4, 0.5) is 4.39 Å². The number of nitrogens with zero attached hydrogens (tertiary/aromatic N) is 1. The zero-order chi connectivity index (χ0) is 18.1. The average molecular weight is 350 g/mol. The molecule has 2 fully saturated rings. The number of amides is 2. The van der Waals surface area contributed by atoms with Gasteiger partial charge in [0.15, 0.2) is 0 Å². The van der Waals surface area contributed by atoms with Crippen molar-refractivity contribution in [2.45, 2.75) is 30.3 Å². The Morgan fingerprint density at radius 2 is 2.08 bits per heavy atom. The maximum Gasteiger partial charge on any atom is 0.233 e. The third kappa shape index (κ3) is 3.52. The van der Waals surface area contributed by atoms with Gasteiger partial charge in [-0.2, -0.15) is 0 Å². The van der Waals surface area contributed by atoms with Crippen molar-refractivity contribution in [3.63, 3.8) is 0 Å². The molecule has 6 nitrogen and oxygen atoms in total. The first-order valence-electron chi connectivity index (χ1n) is 8.45. The van der Waals surface area contributed by atoms with E-state index in [4.69, 9.17) is 4.74 Å². The molecular weight excluding hydrogens is 327 g/mol. The number of nitrogens with one attached hydrogen (secondary N) is 1. The standard InChI is InChI=1S/C18H23FN2O4/c1-20-15(22)10-17(24)11-21(8-9-25-12-17)16(23)18(6-7-18)13-4-2-3-5-14(13)19/h2-5,24H,6-12H2,1H3,(H,20,22)/t17-/m0/s1.